The second kappa shape index (κ2) is 8.52. The highest BCUT2D eigenvalue weighted by Crippen LogP contribution is 2.30. The van der Waals surface area contributed by atoms with Gasteiger partial charge in [0.15, 0.2) is 0 Å². The van der Waals surface area contributed by atoms with E-state index in [9.17, 15) is 9.59 Å². The van der Waals surface area contributed by atoms with Gasteiger partial charge in [0.25, 0.3) is 0 Å². The predicted molar refractivity (Wildman–Crippen MR) is 111 cm³/mol. The second-order valence-corrected chi connectivity index (χ2v) is 7.78. The smallest absolute Gasteiger partial charge is 0.411 e. The molecule has 29 heavy (non-hydrogen) atoms. The van der Waals surface area contributed by atoms with Crippen molar-refractivity contribution in [2.45, 2.75) is 44.9 Å². The normalized spacial score (nSPS) is 20.6. The molecule has 5 heteroatoms. The Morgan fingerprint density at radius 3 is 2.69 bits per heavy atom. The van der Waals surface area contributed by atoms with Crippen LogP contribution in [0.2, 0.25) is 0 Å². The monoisotopic (exact) mass is 390 g/mol. The average molecular weight is 390 g/mol. The lowest BCUT2D eigenvalue weighted by molar-refractivity contribution is -0.125. The molecular formula is C24H26N2O3. The van der Waals surface area contributed by atoms with E-state index in [4.69, 9.17) is 4.74 Å². The zero-order valence-corrected chi connectivity index (χ0v) is 16.6. The third-order valence-electron chi connectivity index (χ3n) is 5.59. The quantitative estimate of drug-likeness (QED) is 0.798. The fraction of sp³-hybridized carbons (Fsp3) is 0.333. The Balaban J connectivity index is 1.42. The van der Waals surface area contributed by atoms with E-state index in [1.165, 1.54) is 16.0 Å². The number of hydrogen-bond donors (Lipinski definition) is 1. The molecule has 0 radical (unpaired) electrons. The number of amides is 2. The van der Waals surface area contributed by atoms with E-state index in [0.29, 0.717) is 6.54 Å². The van der Waals surface area contributed by atoms with Crippen molar-refractivity contribution in [2.24, 2.45) is 0 Å². The summed E-state index contributed by atoms with van der Waals surface area (Å²) in [5.41, 5.74) is 4.39. The number of hydrogen-bond acceptors (Lipinski definition) is 3. The van der Waals surface area contributed by atoms with Gasteiger partial charge in [-0.15, -0.1) is 0 Å². The molecule has 1 aliphatic heterocycles. The minimum Gasteiger partial charge on any atom is -0.445 e. The molecule has 1 heterocycles. The lowest BCUT2D eigenvalue weighted by atomic mass is 9.87. The highest BCUT2D eigenvalue weighted by molar-refractivity contribution is 5.89. The van der Waals surface area contributed by atoms with Crippen molar-refractivity contribution in [1.29, 1.82) is 0 Å². The molecule has 0 spiro atoms. The van der Waals surface area contributed by atoms with E-state index in [-0.39, 0.29) is 18.6 Å². The van der Waals surface area contributed by atoms with E-state index in [2.05, 4.69) is 17.4 Å². The van der Waals surface area contributed by atoms with Crippen molar-refractivity contribution >= 4 is 12.0 Å². The van der Waals surface area contributed by atoms with E-state index in [0.717, 1.165) is 30.4 Å². The third kappa shape index (κ3) is 4.34. The summed E-state index contributed by atoms with van der Waals surface area (Å²) in [6.07, 6.45) is 4.39. The summed E-state index contributed by atoms with van der Waals surface area (Å²) in [4.78, 5) is 27.2. The van der Waals surface area contributed by atoms with Gasteiger partial charge < -0.3 is 10.1 Å². The number of ether oxygens (including phenoxy) is 1. The van der Waals surface area contributed by atoms with Gasteiger partial charge in [-0.2, -0.15) is 0 Å². The number of carbonyl (C=O) groups is 2. The molecule has 0 saturated heterocycles. The van der Waals surface area contributed by atoms with Crippen molar-refractivity contribution in [1.82, 2.24) is 10.2 Å². The SMILES string of the molecule is CC1=C[C@@H](C(=O)NC2CCCc3ccccc32)N(C(=O)OCc2ccccc2)C1. The summed E-state index contributed by atoms with van der Waals surface area (Å²) in [7, 11) is 0. The summed E-state index contributed by atoms with van der Waals surface area (Å²) < 4.78 is 5.46. The van der Waals surface area contributed by atoms with Crippen LogP contribution in [0.25, 0.3) is 0 Å². The highest BCUT2D eigenvalue weighted by Gasteiger charge is 2.35. The Morgan fingerprint density at radius 1 is 1.10 bits per heavy atom. The molecule has 2 atom stereocenters. The van der Waals surface area contributed by atoms with Gasteiger partial charge in [0, 0.05) is 6.54 Å². The number of nitrogens with one attached hydrogen (secondary N) is 1. The maximum Gasteiger partial charge on any atom is 0.411 e. The number of carbonyl (C=O) groups excluding carboxylic acids is 2. The number of aryl methyl sites for hydroxylation is 1. The molecule has 1 unspecified atom stereocenters. The summed E-state index contributed by atoms with van der Waals surface area (Å²) in [6.45, 7) is 2.53. The molecule has 1 N–H and O–H groups in total. The molecule has 0 bridgehead atoms. The maximum atomic E-state index is 13.1. The molecule has 0 aromatic heterocycles. The van der Waals surface area contributed by atoms with Crippen LogP contribution in [0.4, 0.5) is 4.79 Å². The van der Waals surface area contributed by atoms with Gasteiger partial charge in [-0.05, 0) is 42.9 Å². The van der Waals surface area contributed by atoms with Crippen LogP contribution >= 0.6 is 0 Å². The maximum absolute atomic E-state index is 13.1. The highest BCUT2D eigenvalue weighted by atomic mass is 16.6. The Bertz CT molecular complexity index is 923. The zero-order chi connectivity index (χ0) is 20.2. The van der Waals surface area contributed by atoms with Gasteiger partial charge in [-0.25, -0.2) is 4.79 Å². The van der Waals surface area contributed by atoms with Crippen LogP contribution < -0.4 is 5.32 Å². The molecule has 150 valence electrons. The van der Waals surface area contributed by atoms with Crippen LogP contribution in [-0.4, -0.2) is 29.5 Å². The van der Waals surface area contributed by atoms with Gasteiger partial charge in [0.05, 0.1) is 6.04 Å². The molecule has 2 aromatic rings. The van der Waals surface area contributed by atoms with Crippen LogP contribution in [0.15, 0.2) is 66.2 Å². The van der Waals surface area contributed by atoms with Crippen LogP contribution in [0.1, 0.15) is 42.5 Å². The fourth-order valence-electron chi connectivity index (χ4n) is 4.14. The molecule has 1 aliphatic carbocycles. The topological polar surface area (TPSA) is 58.6 Å². The lowest BCUT2D eigenvalue weighted by Gasteiger charge is -2.29. The van der Waals surface area contributed by atoms with Crippen molar-refractivity contribution in [3.05, 3.63) is 82.9 Å². The van der Waals surface area contributed by atoms with E-state index in [1.54, 1.807) is 0 Å². The molecule has 0 saturated carbocycles. The van der Waals surface area contributed by atoms with E-state index >= 15 is 0 Å². The second-order valence-electron chi connectivity index (χ2n) is 7.78. The van der Waals surface area contributed by atoms with Crippen molar-refractivity contribution in [3.8, 4) is 0 Å². The standard InChI is InChI=1S/C24H26N2O3/c1-17-14-22(26(15-17)24(28)29-16-18-8-3-2-4-9-18)23(27)25-21-13-7-11-19-10-5-6-12-20(19)21/h2-6,8-10,12,14,21-22H,7,11,13,15-16H2,1H3,(H,25,27)/t21?,22-/m0/s1. The molecular weight excluding hydrogens is 364 g/mol. The number of fused-ring (bicyclic) bond motifs is 1. The van der Waals surface area contributed by atoms with E-state index < -0.39 is 12.1 Å². The Hall–Kier alpha value is -3.08. The van der Waals surface area contributed by atoms with E-state index in [1.807, 2.05) is 55.5 Å². The lowest BCUT2D eigenvalue weighted by Crippen LogP contribution is -2.47. The van der Waals surface area contributed by atoms with Gasteiger partial charge in [-0.1, -0.05) is 66.2 Å². The first-order chi connectivity index (χ1) is 14.1. The van der Waals surface area contributed by atoms with Gasteiger partial charge in [-0.3, -0.25) is 9.69 Å². The van der Waals surface area contributed by atoms with Crippen molar-refractivity contribution in [3.63, 3.8) is 0 Å². The summed E-state index contributed by atoms with van der Waals surface area (Å²) in [5, 5.41) is 3.16. The minimum atomic E-state index is -0.632. The summed E-state index contributed by atoms with van der Waals surface area (Å²) in [6, 6.07) is 17.2. The number of rotatable bonds is 4. The van der Waals surface area contributed by atoms with Crippen LogP contribution in [0.5, 0.6) is 0 Å². The van der Waals surface area contributed by atoms with Gasteiger partial charge in [0.1, 0.15) is 12.6 Å². The van der Waals surface area contributed by atoms with Crippen molar-refractivity contribution in [2.75, 3.05) is 6.54 Å². The zero-order valence-electron chi connectivity index (χ0n) is 16.6. The molecule has 0 fully saturated rings. The van der Waals surface area contributed by atoms with Crippen LogP contribution in [0.3, 0.4) is 0 Å². The third-order valence-corrected chi connectivity index (χ3v) is 5.59. The van der Waals surface area contributed by atoms with Crippen LogP contribution in [-0.2, 0) is 22.6 Å². The number of nitrogens with zero attached hydrogens (tertiary/aromatic N) is 1. The molecule has 4 rings (SSSR count). The predicted octanol–water partition coefficient (Wildman–Crippen LogP) is 4.15. The molecule has 5 nitrogen and oxygen atoms in total. The first-order valence-electron chi connectivity index (χ1n) is 10.1. The van der Waals surface area contributed by atoms with Crippen LogP contribution in [0, 0.1) is 0 Å². The van der Waals surface area contributed by atoms with Gasteiger partial charge >= 0.3 is 6.09 Å². The Kier molecular flexibility index (Phi) is 5.65. The first-order valence-corrected chi connectivity index (χ1v) is 10.1. The Morgan fingerprint density at radius 2 is 1.86 bits per heavy atom. The minimum absolute atomic E-state index is 0.0102. The first kappa shape index (κ1) is 19.2. The fourth-order valence-corrected chi connectivity index (χ4v) is 4.14. The Labute approximate surface area is 171 Å². The largest absolute Gasteiger partial charge is 0.445 e. The van der Waals surface area contributed by atoms with Gasteiger partial charge in [0.2, 0.25) is 5.91 Å². The van der Waals surface area contributed by atoms with Crippen molar-refractivity contribution < 1.29 is 14.3 Å². The molecule has 2 aromatic carbocycles. The summed E-state index contributed by atoms with van der Waals surface area (Å²) >= 11 is 0. The molecule has 2 amide bonds. The summed E-state index contributed by atoms with van der Waals surface area (Å²) in [5.74, 6) is -0.153. The molecule has 2 aliphatic rings. The number of benzene rings is 2. The average Bonchev–Trinajstić information content (AvgIpc) is 3.15.